The number of unbranched alkanes of at least 4 members (excludes halogenated alkanes) is 1. The first kappa shape index (κ1) is 11.3. The number of hydrogen-bond acceptors (Lipinski definition) is 0. The van der Waals surface area contributed by atoms with Crippen LogP contribution in [0.1, 0.15) is 25.3 Å². The molecule has 3 aromatic carbocycles. The van der Waals surface area contributed by atoms with Gasteiger partial charge in [-0.2, -0.15) is 0 Å². The quantitative estimate of drug-likeness (QED) is 0.537. The highest BCUT2D eigenvalue weighted by molar-refractivity contribution is 6.07. The van der Waals surface area contributed by atoms with Crippen LogP contribution in [0.4, 0.5) is 0 Å². The summed E-state index contributed by atoms with van der Waals surface area (Å²) in [6.07, 6.45) is 3.72. The number of hydrogen-bond donors (Lipinski definition) is 0. The van der Waals surface area contributed by atoms with E-state index in [1.165, 1.54) is 46.4 Å². The molecular formula is C18H18. The molecule has 0 nitrogen and oxygen atoms in total. The highest BCUT2D eigenvalue weighted by Gasteiger charge is 2.01. The van der Waals surface area contributed by atoms with Gasteiger partial charge < -0.3 is 0 Å². The van der Waals surface area contributed by atoms with Crippen molar-refractivity contribution in [2.75, 3.05) is 0 Å². The standard InChI is InChI=1S/C18H18/c1-2-3-6-14-9-10-16-12-11-15-7-4-5-8-17(15)18(16)13-14/h4-5,7-13H,2-3,6H2,1H3. The number of benzene rings is 3. The van der Waals surface area contributed by atoms with Gasteiger partial charge in [0.2, 0.25) is 0 Å². The molecule has 0 aliphatic carbocycles. The summed E-state index contributed by atoms with van der Waals surface area (Å²) in [4.78, 5) is 0. The second-order valence-electron chi connectivity index (χ2n) is 4.95. The van der Waals surface area contributed by atoms with Gasteiger partial charge in [-0.25, -0.2) is 0 Å². The van der Waals surface area contributed by atoms with E-state index in [0.717, 1.165) is 0 Å². The second-order valence-corrected chi connectivity index (χ2v) is 4.95. The van der Waals surface area contributed by atoms with Crippen LogP contribution in [0.3, 0.4) is 0 Å². The zero-order valence-corrected chi connectivity index (χ0v) is 10.8. The van der Waals surface area contributed by atoms with Crippen molar-refractivity contribution in [3.8, 4) is 0 Å². The van der Waals surface area contributed by atoms with Crippen molar-refractivity contribution in [1.82, 2.24) is 0 Å². The molecule has 90 valence electrons. The van der Waals surface area contributed by atoms with Crippen molar-refractivity contribution in [3.63, 3.8) is 0 Å². The molecule has 0 N–H and O–H groups in total. The van der Waals surface area contributed by atoms with E-state index in [9.17, 15) is 0 Å². The van der Waals surface area contributed by atoms with Crippen molar-refractivity contribution in [2.24, 2.45) is 0 Å². The fraction of sp³-hybridized carbons (Fsp3) is 0.222. The predicted molar refractivity (Wildman–Crippen MR) is 80.1 cm³/mol. The summed E-state index contributed by atoms with van der Waals surface area (Å²) in [6.45, 7) is 2.25. The Morgan fingerprint density at radius 2 is 1.50 bits per heavy atom. The van der Waals surface area contributed by atoms with E-state index in [1.54, 1.807) is 0 Å². The lowest BCUT2D eigenvalue weighted by atomic mass is 9.98. The maximum Gasteiger partial charge on any atom is -0.0103 e. The minimum absolute atomic E-state index is 1.19. The normalized spacial score (nSPS) is 11.2. The third kappa shape index (κ3) is 1.99. The minimum Gasteiger partial charge on any atom is -0.0654 e. The van der Waals surface area contributed by atoms with Gasteiger partial charge in [-0.15, -0.1) is 0 Å². The number of aryl methyl sites for hydroxylation is 1. The van der Waals surface area contributed by atoms with Crippen molar-refractivity contribution < 1.29 is 0 Å². The van der Waals surface area contributed by atoms with Gasteiger partial charge in [0.1, 0.15) is 0 Å². The first-order chi connectivity index (χ1) is 8.88. The van der Waals surface area contributed by atoms with E-state index in [0.29, 0.717) is 0 Å². The molecule has 0 saturated carbocycles. The Morgan fingerprint density at radius 1 is 0.778 bits per heavy atom. The molecule has 3 aromatic rings. The fourth-order valence-corrected chi connectivity index (χ4v) is 2.59. The molecule has 0 bridgehead atoms. The Hall–Kier alpha value is -1.82. The van der Waals surface area contributed by atoms with Crippen molar-refractivity contribution in [1.29, 1.82) is 0 Å². The van der Waals surface area contributed by atoms with E-state index in [1.807, 2.05) is 0 Å². The lowest BCUT2D eigenvalue weighted by Gasteiger charge is -2.06. The van der Waals surface area contributed by atoms with E-state index >= 15 is 0 Å². The van der Waals surface area contributed by atoms with Crippen molar-refractivity contribution >= 4 is 21.5 Å². The average molecular weight is 234 g/mol. The summed E-state index contributed by atoms with van der Waals surface area (Å²) < 4.78 is 0. The fourth-order valence-electron chi connectivity index (χ4n) is 2.59. The zero-order valence-electron chi connectivity index (χ0n) is 10.8. The van der Waals surface area contributed by atoms with Gasteiger partial charge in [-0.3, -0.25) is 0 Å². The molecule has 0 radical (unpaired) electrons. The Morgan fingerprint density at radius 3 is 2.33 bits per heavy atom. The lowest BCUT2D eigenvalue weighted by Crippen LogP contribution is -1.85. The molecule has 0 fully saturated rings. The molecule has 0 heteroatoms. The summed E-state index contributed by atoms with van der Waals surface area (Å²) in [5.74, 6) is 0. The molecule has 0 atom stereocenters. The largest absolute Gasteiger partial charge is 0.0654 e. The van der Waals surface area contributed by atoms with Gasteiger partial charge in [0.15, 0.2) is 0 Å². The van der Waals surface area contributed by atoms with Crippen LogP contribution in [0.5, 0.6) is 0 Å². The lowest BCUT2D eigenvalue weighted by molar-refractivity contribution is 0.796. The van der Waals surface area contributed by atoms with Gasteiger partial charge in [-0.05, 0) is 39.9 Å². The molecule has 18 heavy (non-hydrogen) atoms. The van der Waals surface area contributed by atoms with Crippen LogP contribution in [0.15, 0.2) is 54.6 Å². The monoisotopic (exact) mass is 234 g/mol. The van der Waals surface area contributed by atoms with E-state index in [4.69, 9.17) is 0 Å². The molecule has 0 aliphatic rings. The average Bonchev–Trinajstić information content (AvgIpc) is 2.45. The van der Waals surface area contributed by atoms with Crippen LogP contribution in [-0.2, 0) is 6.42 Å². The molecule has 0 heterocycles. The summed E-state index contributed by atoms with van der Waals surface area (Å²) in [5, 5.41) is 5.43. The van der Waals surface area contributed by atoms with Crippen LogP contribution >= 0.6 is 0 Å². The predicted octanol–water partition coefficient (Wildman–Crippen LogP) is 5.34. The molecule has 0 amide bonds. The van der Waals surface area contributed by atoms with Crippen LogP contribution < -0.4 is 0 Å². The van der Waals surface area contributed by atoms with Crippen molar-refractivity contribution in [3.05, 3.63) is 60.2 Å². The van der Waals surface area contributed by atoms with Crippen LogP contribution in [0, 0.1) is 0 Å². The summed E-state index contributed by atoms with van der Waals surface area (Å²) in [7, 11) is 0. The van der Waals surface area contributed by atoms with Gasteiger partial charge in [0.05, 0.1) is 0 Å². The topological polar surface area (TPSA) is 0 Å². The highest BCUT2D eigenvalue weighted by atomic mass is 14.1. The van der Waals surface area contributed by atoms with Crippen LogP contribution in [0.2, 0.25) is 0 Å². The van der Waals surface area contributed by atoms with Gasteiger partial charge >= 0.3 is 0 Å². The van der Waals surface area contributed by atoms with Gasteiger partial charge in [0.25, 0.3) is 0 Å². The maximum atomic E-state index is 2.37. The molecular weight excluding hydrogens is 216 g/mol. The van der Waals surface area contributed by atoms with E-state index in [2.05, 4.69) is 61.5 Å². The summed E-state index contributed by atoms with van der Waals surface area (Å²) in [5.41, 5.74) is 1.46. The Kier molecular flexibility index (Phi) is 3.02. The third-order valence-corrected chi connectivity index (χ3v) is 3.63. The molecule has 3 rings (SSSR count). The first-order valence-corrected chi connectivity index (χ1v) is 6.79. The van der Waals surface area contributed by atoms with Crippen LogP contribution in [0.25, 0.3) is 21.5 Å². The first-order valence-electron chi connectivity index (χ1n) is 6.79. The molecule has 0 saturated heterocycles. The van der Waals surface area contributed by atoms with Crippen LogP contribution in [-0.4, -0.2) is 0 Å². The number of rotatable bonds is 3. The molecule has 0 unspecified atom stereocenters. The van der Waals surface area contributed by atoms with Gasteiger partial charge in [0, 0.05) is 0 Å². The zero-order chi connectivity index (χ0) is 12.4. The number of fused-ring (bicyclic) bond motifs is 3. The minimum atomic E-state index is 1.19. The second kappa shape index (κ2) is 4.81. The summed E-state index contributed by atoms with van der Waals surface area (Å²) in [6, 6.07) is 20.0. The SMILES string of the molecule is CCCCc1ccc2ccc3ccccc3c2c1. The van der Waals surface area contributed by atoms with Gasteiger partial charge in [-0.1, -0.05) is 67.9 Å². The molecule has 0 aromatic heterocycles. The van der Waals surface area contributed by atoms with Crippen molar-refractivity contribution in [2.45, 2.75) is 26.2 Å². The third-order valence-electron chi connectivity index (χ3n) is 3.63. The highest BCUT2D eigenvalue weighted by Crippen LogP contribution is 2.26. The van der Waals surface area contributed by atoms with E-state index in [-0.39, 0.29) is 0 Å². The smallest absolute Gasteiger partial charge is 0.0103 e. The summed E-state index contributed by atoms with van der Waals surface area (Å²) >= 11 is 0. The Balaban J connectivity index is 2.20. The van der Waals surface area contributed by atoms with E-state index < -0.39 is 0 Å². The molecule has 0 spiro atoms. The molecule has 0 aliphatic heterocycles. The Labute approximate surface area is 108 Å². The Bertz CT molecular complexity index is 680. The maximum absolute atomic E-state index is 2.37.